The van der Waals surface area contributed by atoms with Gasteiger partial charge in [0.2, 0.25) is 0 Å². The number of rotatable bonds is 10. The van der Waals surface area contributed by atoms with Crippen LogP contribution in [0.25, 0.3) is 28.2 Å². The lowest BCUT2D eigenvalue weighted by atomic mass is 10.0. The molecular weight excluding hydrogens is 564 g/mol. The van der Waals surface area contributed by atoms with Crippen LogP contribution in [0.1, 0.15) is 37.6 Å². The van der Waals surface area contributed by atoms with Crippen LogP contribution in [0.15, 0.2) is 132 Å². The van der Waals surface area contributed by atoms with Crippen LogP contribution < -0.4 is 14.2 Å². The van der Waals surface area contributed by atoms with E-state index in [0.717, 1.165) is 16.7 Å². The van der Waals surface area contributed by atoms with Crippen LogP contribution in [0.3, 0.4) is 0 Å². The van der Waals surface area contributed by atoms with Crippen molar-refractivity contribution >= 4 is 28.8 Å². The second-order valence-corrected chi connectivity index (χ2v) is 10.4. The van der Waals surface area contributed by atoms with Gasteiger partial charge in [-0.2, -0.15) is 0 Å². The van der Waals surface area contributed by atoms with Crippen molar-refractivity contribution in [2.75, 3.05) is 7.11 Å². The van der Waals surface area contributed by atoms with Crippen molar-refractivity contribution in [1.29, 1.82) is 0 Å². The van der Waals surface area contributed by atoms with Gasteiger partial charge in [-0.15, -0.1) is 0 Å². The molecule has 0 radical (unpaired) electrons. The molecule has 6 rings (SSSR count). The normalized spacial score (nSPS) is 11.1. The summed E-state index contributed by atoms with van der Waals surface area (Å²) in [5.41, 5.74) is 5.33. The number of furan rings is 1. The van der Waals surface area contributed by atoms with Crippen LogP contribution in [0.5, 0.6) is 17.2 Å². The molecule has 5 aromatic carbocycles. The number of aryl methyl sites for hydroxylation is 1. The average molecular weight is 595 g/mol. The SMILES string of the molecule is COc1cc(/C=C/C(=O)c2ccc(-c3ccccc3)cc2)ccc1OC(=O)c1c(C)oc2ccc(OCc3ccccc3)cc12. The van der Waals surface area contributed by atoms with E-state index < -0.39 is 5.97 Å². The second kappa shape index (κ2) is 13.2. The van der Waals surface area contributed by atoms with E-state index in [-0.39, 0.29) is 11.5 Å². The van der Waals surface area contributed by atoms with Crippen molar-refractivity contribution in [2.45, 2.75) is 13.5 Å². The number of hydrogen-bond donors (Lipinski definition) is 0. The summed E-state index contributed by atoms with van der Waals surface area (Å²) in [5.74, 6) is 0.927. The molecule has 0 N–H and O–H groups in total. The molecule has 0 unspecified atom stereocenters. The first-order chi connectivity index (χ1) is 22.0. The summed E-state index contributed by atoms with van der Waals surface area (Å²) in [6, 6.07) is 37.8. The number of ketones is 1. The van der Waals surface area contributed by atoms with Gasteiger partial charge in [0.25, 0.3) is 0 Å². The molecule has 0 aliphatic heterocycles. The van der Waals surface area contributed by atoms with Gasteiger partial charge in [-0.3, -0.25) is 4.79 Å². The van der Waals surface area contributed by atoms with Crippen LogP contribution in [0, 0.1) is 6.92 Å². The Morgan fingerprint density at radius 1 is 0.756 bits per heavy atom. The first-order valence-electron chi connectivity index (χ1n) is 14.5. The molecule has 0 saturated carbocycles. The molecule has 1 heterocycles. The fraction of sp³-hybridized carbons (Fsp3) is 0.0769. The van der Waals surface area contributed by atoms with Crippen molar-refractivity contribution in [3.8, 4) is 28.4 Å². The standard InChI is InChI=1S/C39H30O6/c1-26-38(33-24-32(19-22-35(33)44-26)43-25-28-9-5-3-6-10-28)39(41)45-36-21-14-27(23-37(36)42-2)13-20-34(40)31-17-15-30(16-18-31)29-11-7-4-8-12-29/h3-24H,25H2,1-2H3/b20-13+. The van der Waals surface area contributed by atoms with E-state index in [2.05, 4.69) is 0 Å². The molecule has 0 aliphatic carbocycles. The van der Waals surface area contributed by atoms with Crippen molar-refractivity contribution in [1.82, 2.24) is 0 Å². The third-order valence-electron chi connectivity index (χ3n) is 7.38. The maximum absolute atomic E-state index is 13.4. The molecule has 6 heteroatoms. The van der Waals surface area contributed by atoms with Gasteiger partial charge in [0.05, 0.1) is 7.11 Å². The molecule has 0 bridgehead atoms. The summed E-state index contributed by atoms with van der Waals surface area (Å²) in [5, 5.41) is 0.594. The monoisotopic (exact) mass is 594 g/mol. The summed E-state index contributed by atoms with van der Waals surface area (Å²) in [6.45, 7) is 2.12. The van der Waals surface area contributed by atoms with E-state index in [9.17, 15) is 9.59 Å². The summed E-state index contributed by atoms with van der Waals surface area (Å²) < 4.78 is 23.1. The molecule has 222 valence electrons. The lowest BCUT2D eigenvalue weighted by Gasteiger charge is -2.10. The highest BCUT2D eigenvalue weighted by Gasteiger charge is 2.22. The van der Waals surface area contributed by atoms with E-state index >= 15 is 0 Å². The van der Waals surface area contributed by atoms with E-state index in [1.807, 2.05) is 91.0 Å². The zero-order valence-electron chi connectivity index (χ0n) is 24.9. The number of methoxy groups -OCH3 is 1. The van der Waals surface area contributed by atoms with E-state index in [4.69, 9.17) is 18.6 Å². The van der Waals surface area contributed by atoms with E-state index in [1.165, 1.54) is 13.2 Å². The topological polar surface area (TPSA) is 75.0 Å². The number of benzene rings is 5. The number of ether oxygens (including phenoxy) is 3. The fourth-order valence-electron chi connectivity index (χ4n) is 5.03. The Bertz CT molecular complexity index is 1990. The smallest absolute Gasteiger partial charge is 0.347 e. The molecule has 6 aromatic rings. The summed E-state index contributed by atoms with van der Waals surface area (Å²) in [7, 11) is 1.49. The van der Waals surface area contributed by atoms with Gasteiger partial charge in [0.15, 0.2) is 17.3 Å². The van der Waals surface area contributed by atoms with Gasteiger partial charge in [0.1, 0.15) is 29.3 Å². The number of carbonyl (C=O) groups excluding carboxylic acids is 2. The third-order valence-corrected chi connectivity index (χ3v) is 7.38. The molecule has 6 nitrogen and oxygen atoms in total. The molecule has 0 aliphatic rings. The predicted octanol–water partition coefficient (Wildman–Crippen LogP) is 9.11. The van der Waals surface area contributed by atoms with Crippen molar-refractivity contribution in [3.05, 3.63) is 155 Å². The number of carbonyl (C=O) groups is 2. The Balaban J connectivity index is 1.15. The van der Waals surface area contributed by atoms with Gasteiger partial charge in [-0.25, -0.2) is 4.79 Å². The van der Waals surface area contributed by atoms with Crippen molar-refractivity contribution < 1.29 is 28.2 Å². The molecule has 0 fully saturated rings. The van der Waals surface area contributed by atoms with Gasteiger partial charge in [0, 0.05) is 10.9 Å². The van der Waals surface area contributed by atoms with Crippen LogP contribution in [-0.4, -0.2) is 18.9 Å². The van der Waals surface area contributed by atoms with Crippen LogP contribution in [0.2, 0.25) is 0 Å². The highest BCUT2D eigenvalue weighted by molar-refractivity contribution is 6.07. The molecule has 1 aromatic heterocycles. The average Bonchev–Trinajstić information content (AvgIpc) is 3.42. The highest BCUT2D eigenvalue weighted by Crippen LogP contribution is 2.33. The zero-order chi connectivity index (χ0) is 31.2. The molecule has 0 spiro atoms. The van der Waals surface area contributed by atoms with E-state index in [0.29, 0.717) is 51.5 Å². The number of esters is 1. The third kappa shape index (κ3) is 6.71. The van der Waals surface area contributed by atoms with Crippen LogP contribution >= 0.6 is 0 Å². The Morgan fingerprint density at radius 2 is 1.47 bits per heavy atom. The molecule has 45 heavy (non-hydrogen) atoms. The Hall–Kier alpha value is -5.88. The summed E-state index contributed by atoms with van der Waals surface area (Å²) in [6.07, 6.45) is 3.21. The minimum absolute atomic E-state index is 0.126. The lowest BCUT2D eigenvalue weighted by Crippen LogP contribution is -2.10. The maximum atomic E-state index is 13.4. The van der Waals surface area contributed by atoms with Crippen LogP contribution in [0.4, 0.5) is 0 Å². The van der Waals surface area contributed by atoms with Gasteiger partial charge in [-0.1, -0.05) is 97.1 Å². The largest absolute Gasteiger partial charge is 0.493 e. The maximum Gasteiger partial charge on any atom is 0.347 e. The Labute approximate surface area is 261 Å². The number of hydrogen-bond acceptors (Lipinski definition) is 6. The number of allylic oxidation sites excluding steroid dienone is 1. The number of fused-ring (bicyclic) bond motifs is 1. The summed E-state index contributed by atoms with van der Waals surface area (Å²) >= 11 is 0. The second-order valence-electron chi connectivity index (χ2n) is 10.4. The van der Waals surface area contributed by atoms with Crippen molar-refractivity contribution in [2.24, 2.45) is 0 Å². The lowest BCUT2D eigenvalue weighted by molar-refractivity contribution is 0.0729. The minimum atomic E-state index is -0.581. The first kappa shape index (κ1) is 29.2. The van der Waals surface area contributed by atoms with Gasteiger partial charge in [-0.05, 0) is 65.6 Å². The zero-order valence-corrected chi connectivity index (χ0v) is 24.9. The Morgan fingerprint density at radius 3 is 2.20 bits per heavy atom. The fourth-order valence-corrected chi connectivity index (χ4v) is 5.03. The van der Waals surface area contributed by atoms with E-state index in [1.54, 1.807) is 43.3 Å². The quantitative estimate of drug-likeness (QED) is 0.0682. The predicted molar refractivity (Wildman–Crippen MR) is 175 cm³/mol. The minimum Gasteiger partial charge on any atom is -0.493 e. The van der Waals surface area contributed by atoms with Gasteiger partial charge >= 0.3 is 5.97 Å². The molecule has 0 atom stereocenters. The molecular formula is C39H30O6. The first-order valence-corrected chi connectivity index (χ1v) is 14.5. The Kier molecular flexibility index (Phi) is 8.56. The van der Waals surface area contributed by atoms with Crippen LogP contribution in [-0.2, 0) is 6.61 Å². The highest BCUT2D eigenvalue weighted by atomic mass is 16.6. The summed E-state index contributed by atoms with van der Waals surface area (Å²) in [4.78, 5) is 26.2. The van der Waals surface area contributed by atoms with Gasteiger partial charge < -0.3 is 18.6 Å². The molecule has 0 amide bonds. The molecule has 0 saturated heterocycles. The van der Waals surface area contributed by atoms with Crippen molar-refractivity contribution in [3.63, 3.8) is 0 Å².